The van der Waals surface area contributed by atoms with E-state index < -0.39 is 5.97 Å². The molecule has 0 bridgehead atoms. The highest BCUT2D eigenvalue weighted by atomic mass is 35.5. The summed E-state index contributed by atoms with van der Waals surface area (Å²) in [5.41, 5.74) is 2.14. The second-order valence-electron chi connectivity index (χ2n) is 4.46. The van der Waals surface area contributed by atoms with Crippen molar-refractivity contribution in [2.75, 3.05) is 12.4 Å². The van der Waals surface area contributed by atoms with Crippen molar-refractivity contribution < 1.29 is 14.3 Å². The first-order valence-corrected chi connectivity index (χ1v) is 7.47. The average Bonchev–Trinajstić information content (AvgIpc) is 2.90. The van der Waals surface area contributed by atoms with Crippen molar-refractivity contribution in [3.8, 4) is 0 Å². The number of rotatable bonds is 4. The number of halogens is 1. The molecular weight excluding hydrogens is 310 g/mol. The molecular formula is C15H14ClNO3S. The predicted molar refractivity (Wildman–Crippen MR) is 84.2 cm³/mol. The van der Waals surface area contributed by atoms with Crippen molar-refractivity contribution in [1.82, 2.24) is 0 Å². The van der Waals surface area contributed by atoms with Gasteiger partial charge in [0.1, 0.15) is 5.00 Å². The third kappa shape index (κ3) is 3.83. The van der Waals surface area contributed by atoms with Gasteiger partial charge in [-0.2, -0.15) is 0 Å². The molecule has 1 heterocycles. The van der Waals surface area contributed by atoms with Crippen LogP contribution in [0.1, 0.15) is 21.5 Å². The quantitative estimate of drug-likeness (QED) is 0.873. The number of ether oxygens (including phenoxy) is 1. The third-order valence-corrected chi connectivity index (χ3v) is 4.16. The van der Waals surface area contributed by atoms with Gasteiger partial charge in [-0.15, -0.1) is 11.3 Å². The van der Waals surface area contributed by atoms with Crippen LogP contribution < -0.4 is 5.32 Å². The number of hydrogen-bond acceptors (Lipinski definition) is 4. The number of amides is 1. The van der Waals surface area contributed by atoms with Crippen molar-refractivity contribution >= 4 is 39.8 Å². The Hall–Kier alpha value is -1.85. The van der Waals surface area contributed by atoms with Gasteiger partial charge in [0.15, 0.2) is 0 Å². The highest BCUT2D eigenvalue weighted by Gasteiger charge is 2.15. The monoisotopic (exact) mass is 323 g/mol. The van der Waals surface area contributed by atoms with E-state index in [1.54, 1.807) is 17.5 Å². The molecule has 0 aliphatic heterocycles. The van der Waals surface area contributed by atoms with Gasteiger partial charge >= 0.3 is 5.97 Å². The Morgan fingerprint density at radius 3 is 2.76 bits per heavy atom. The fourth-order valence-corrected chi connectivity index (χ4v) is 2.77. The van der Waals surface area contributed by atoms with Crippen LogP contribution >= 0.6 is 22.9 Å². The Balaban J connectivity index is 2.07. The number of hydrogen-bond donors (Lipinski definition) is 1. The zero-order valence-electron chi connectivity index (χ0n) is 11.6. The second kappa shape index (κ2) is 6.74. The molecule has 0 spiro atoms. The first-order valence-electron chi connectivity index (χ1n) is 6.22. The minimum Gasteiger partial charge on any atom is -0.465 e. The molecule has 0 aliphatic carbocycles. The van der Waals surface area contributed by atoms with Crippen molar-refractivity contribution in [1.29, 1.82) is 0 Å². The molecule has 110 valence electrons. The number of carbonyl (C=O) groups excluding carboxylic acids is 2. The summed E-state index contributed by atoms with van der Waals surface area (Å²) in [5.74, 6) is -0.674. The molecule has 2 rings (SSSR count). The molecule has 1 aromatic heterocycles. The molecule has 0 radical (unpaired) electrons. The van der Waals surface area contributed by atoms with Crippen LogP contribution in [-0.2, 0) is 16.0 Å². The van der Waals surface area contributed by atoms with Crippen molar-refractivity contribution in [2.24, 2.45) is 0 Å². The molecule has 0 atom stereocenters. The summed E-state index contributed by atoms with van der Waals surface area (Å²) in [6.45, 7) is 1.90. The van der Waals surface area contributed by atoms with Gasteiger partial charge in [0, 0.05) is 5.02 Å². The predicted octanol–water partition coefficient (Wildman–Crippen LogP) is 3.68. The maximum Gasteiger partial charge on any atom is 0.340 e. The van der Waals surface area contributed by atoms with Crippen LogP contribution in [0.4, 0.5) is 5.00 Å². The number of esters is 1. The highest BCUT2D eigenvalue weighted by Crippen LogP contribution is 2.24. The molecule has 0 fully saturated rings. The SMILES string of the molecule is COC(=O)c1ccsc1NC(=O)Cc1ccc(C)c(Cl)c1. The van der Waals surface area contributed by atoms with E-state index in [1.165, 1.54) is 18.4 Å². The first-order chi connectivity index (χ1) is 10.0. The van der Waals surface area contributed by atoms with Crippen LogP contribution in [0.15, 0.2) is 29.6 Å². The van der Waals surface area contributed by atoms with E-state index in [1.807, 2.05) is 19.1 Å². The van der Waals surface area contributed by atoms with Gasteiger partial charge in [0.2, 0.25) is 5.91 Å². The minimum absolute atomic E-state index is 0.193. The highest BCUT2D eigenvalue weighted by molar-refractivity contribution is 7.14. The number of benzene rings is 1. The molecule has 2 aromatic rings. The van der Waals surface area contributed by atoms with Gasteiger partial charge in [-0.05, 0) is 35.6 Å². The molecule has 1 amide bonds. The van der Waals surface area contributed by atoms with Crippen LogP contribution in [0.25, 0.3) is 0 Å². The van der Waals surface area contributed by atoms with Crippen LogP contribution in [0.2, 0.25) is 5.02 Å². The summed E-state index contributed by atoms with van der Waals surface area (Å²) in [4.78, 5) is 23.6. The lowest BCUT2D eigenvalue weighted by atomic mass is 10.1. The number of nitrogens with one attached hydrogen (secondary N) is 1. The smallest absolute Gasteiger partial charge is 0.340 e. The van der Waals surface area contributed by atoms with E-state index in [4.69, 9.17) is 11.6 Å². The molecule has 1 N–H and O–H groups in total. The van der Waals surface area contributed by atoms with Crippen LogP contribution in [0, 0.1) is 6.92 Å². The summed E-state index contributed by atoms with van der Waals surface area (Å²) in [5, 5.41) is 5.57. The van der Waals surface area contributed by atoms with Crippen LogP contribution in [0.3, 0.4) is 0 Å². The fraction of sp³-hybridized carbons (Fsp3) is 0.200. The number of thiophene rings is 1. The van der Waals surface area contributed by atoms with E-state index in [9.17, 15) is 9.59 Å². The Morgan fingerprint density at radius 1 is 1.33 bits per heavy atom. The lowest BCUT2D eigenvalue weighted by Crippen LogP contribution is -2.15. The topological polar surface area (TPSA) is 55.4 Å². The van der Waals surface area contributed by atoms with Crippen LogP contribution in [0.5, 0.6) is 0 Å². The molecule has 0 unspecified atom stereocenters. The summed E-state index contributed by atoms with van der Waals surface area (Å²) < 4.78 is 4.66. The molecule has 1 aromatic carbocycles. The lowest BCUT2D eigenvalue weighted by Gasteiger charge is -2.06. The largest absolute Gasteiger partial charge is 0.465 e. The van der Waals surface area contributed by atoms with E-state index in [-0.39, 0.29) is 12.3 Å². The van der Waals surface area contributed by atoms with Crippen molar-refractivity contribution in [3.05, 3.63) is 51.4 Å². The molecule has 6 heteroatoms. The molecule has 4 nitrogen and oxygen atoms in total. The van der Waals surface area contributed by atoms with E-state index in [0.29, 0.717) is 15.6 Å². The Morgan fingerprint density at radius 2 is 2.10 bits per heavy atom. The van der Waals surface area contributed by atoms with Gasteiger partial charge in [0.05, 0.1) is 19.1 Å². The first kappa shape index (κ1) is 15.5. The van der Waals surface area contributed by atoms with Crippen LogP contribution in [-0.4, -0.2) is 19.0 Å². The molecule has 0 saturated carbocycles. The number of carbonyl (C=O) groups is 2. The molecule has 0 saturated heterocycles. The summed E-state index contributed by atoms with van der Waals surface area (Å²) in [7, 11) is 1.31. The van der Waals surface area contributed by atoms with Gasteiger partial charge in [-0.1, -0.05) is 23.7 Å². The number of aryl methyl sites for hydroxylation is 1. The summed E-state index contributed by atoms with van der Waals surface area (Å²) in [6, 6.07) is 7.12. The van der Waals surface area contributed by atoms with E-state index in [0.717, 1.165) is 11.1 Å². The Kier molecular flexibility index (Phi) is 4.98. The summed E-state index contributed by atoms with van der Waals surface area (Å²) in [6.07, 6.45) is 0.193. The normalized spacial score (nSPS) is 10.2. The zero-order chi connectivity index (χ0) is 15.4. The third-order valence-electron chi connectivity index (χ3n) is 2.92. The van der Waals surface area contributed by atoms with E-state index >= 15 is 0 Å². The Bertz CT molecular complexity index is 681. The minimum atomic E-state index is -0.468. The zero-order valence-corrected chi connectivity index (χ0v) is 13.2. The van der Waals surface area contributed by atoms with Gasteiger partial charge < -0.3 is 10.1 Å². The standard InChI is InChI=1S/C15H14ClNO3S/c1-9-3-4-10(7-12(9)16)8-13(18)17-14-11(5-6-21-14)15(19)20-2/h3-7H,8H2,1-2H3,(H,17,18). The lowest BCUT2D eigenvalue weighted by molar-refractivity contribution is -0.115. The maximum atomic E-state index is 12.0. The average molecular weight is 324 g/mol. The molecule has 21 heavy (non-hydrogen) atoms. The van der Waals surface area contributed by atoms with Gasteiger partial charge in [0.25, 0.3) is 0 Å². The number of anilines is 1. The van der Waals surface area contributed by atoms with Gasteiger partial charge in [-0.25, -0.2) is 4.79 Å². The summed E-state index contributed by atoms with van der Waals surface area (Å²) >= 11 is 7.31. The fourth-order valence-electron chi connectivity index (χ4n) is 1.78. The second-order valence-corrected chi connectivity index (χ2v) is 5.79. The van der Waals surface area contributed by atoms with Crippen molar-refractivity contribution in [3.63, 3.8) is 0 Å². The number of methoxy groups -OCH3 is 1. The molecule has 0 aliphatic rings. The Labute approximate surface area is 131 Å². The van der Waals surface area contributed by atoms with Gasteiger partial charge in [-0.3, -0.25) is 4.79 Å². The van der Waals surface area contributed by atoms with E-state index in [2.05, 4.69) is 10.1 Å². The van der Waals surface area contributed by atoms with Crippen molar-refractivity contribution in [2.45, 2.75) is 13.3 Å². The maximum absolute atomic E-state index is 12.0.